The Morgan fingerprint density at radius 2 is 1.89 bits per heavy atom. The van der Waals surface area contributed by atoms with Crippen molar-refractivity contribution in [1.82, 2.24) is 0 Å². The normalized spacial score (nSPS) is 23.9. The molecule has 4 nitrogen and oxygen atoms in total. The molecule has 1 saturated heterocycles. The van der Waals surface area contributed by atoms with Gasteiger partial charge in [0, 0.05) is 17.7 Å². The summed E-state index contributed by atoms with van der Waals surface area (Å²) in [5, 5.41) is 0. The van der Waals surface area contributed by atoms with Crippen LogP contribution >= 0.6 is 0 Å². The summed E-state index contributed by atoms with van der Waals surface area (Å²) in [6.45, 7) is 3.98. The molecule has 0 saturated carbocycles. The van der Waals surface area contributed by atoms with Crippen LogP contribution in [0.25, 0.3) is 0 Å². The third kappa shape index (κ3) is 3.46. The van der Waals surface area contributed by atoms with E-state index in [4.69, 9.17) is 0 Å². The summed E-state index contributed by atoms with van der Waals surface area (Å²) in [7, 11) is 2.16. The van der Waals surface area contributed by atoms with E-state index in [9.17, 15) is 18.0 Å². The largest absolute Gasteiger partial charge is 0.573 e. The number of rotatable bonds is 2. The number of nitrogens with zero attached hydrogens (tertiary/aromatic N) is 1. The highest BCUT2D eigenvalue weighted by Gasteiger charge is 2.45. The molecule has 2 heterocycles. The first kappa shape index (κ1) is 18.8. The van der Waals surface area contributed by atoms with Gasteiger partial charge < -0.3 is 14.5 Å². The topological polar surface area (TPSA) is 34.0 Å². The fourth-order valence-electron chi connectivity index (χ4n) is 4.40. The van der Waals surface area contributed by atoms with E-state index in [0.717, 1.165) is 30.8 Å². The Bertz CT molecular complexity index is 896. The van der Waals surface area contributed by atoms with Crippen molar-refractivity contribution in [3.05, 3.63) is 59.2 Å². The van der Waals surface area contributed by atoms with Gasteiger partial charge in [0.15, 0.2) is 0 Å². The van der Waals surface area contributed by atoms with Gasteiger partial charge in [-0.05, 0) is 42.8 Å². The number of alkyl halides is 3. The van der Waals surface area contributed by atoms with Gasteiger partial charge >= 0.3 is 6.36 Å². The van der Waals surface area contributed by atoms with Crippen LogP contribution < -0.4 is 14.5 Å². The van der Waals surface area contributed by atoms with Crippen molar-refractivity contribution in [2.75, 3.05) is 25.0 Å². The molecule has 1 amide bonds. The van der Waals surface area contributed by atoms with Crippen molar-refractivity contribution < 1.29 is 27.6 Å². The number of likely N-dealkylation sites (tertiary alicyclic amines) is 1. The highest BCUT2D eigenvalue weighted by Crippen LogP contribution is 2.43. The van der Waals surface area contributed by atoms with Gasteiger partial charge in [0.25, 0.3) is 5.91 Å². The second-order valence-corrected chi connectivity index (χ2v) is 7.68. The molecule has 0 spiro atoms. The lowest BCUT2D eigenvalue weighted by molar-refractivity contribution is -0.886. The smallest absolute Gasteiger partial charge is 0.406 e. The first-order valence-corrected chi connectivity index (χ1v) is 9.34. The summed E-state index contributed by atoms with van der Waals surface area (Å²) in [6.07, 6.45) is -3.85. The third-order valence-corrected chi connectivity index (χ3v) is 5.63. The molecule has 0 radical (unpaired) electrons. The van der Waals surface area contributed by atoms with Crippen molar-refractivity contribution in [2.45, 2.75) is 31.7 Å². The summed E-state index contributed by atoms with van der Waals surface area (Å²) in [5.41, 5.74) is 3.61. The number of piperidine rings is 1. The molecule has 4 rings (SSSR count). The van der Waals surface area contributed by atoms with Gasteiger partial charge in [-0.25, -0.2) is 0 Å². The summed E-state index contributed by atoms with van der Waals surface area (Å²) < 4.78 is 41.0. The predicted molar refractivity (Wildman–Crippen MR) is 98.9 cm³/mol. The minimum atomic E-state index is -4.75. The van der Waals surface area contributed by atoms with E-state index in [1.54, 1.807) is 0 Å². The maximum absolute atomic E-state index is 13.3. The zero-order valence-corrected chi connectivity index (χ0v) is 15.7. The second kappa shape index (κ2) is 6.81. The molecular weight excluding hydrogens is 369 g/mol. The highest BCUT2D eigenvalue weighted by molar-refractivity contribution is 6.08. The Morgan fingerprint density at radius 1 is 1.18 bits per heavy atom. The molecule has 2 aromatic carbocycles. The van der Waals surface area contributed by atoms with Crippen LogP contribution in [0.1, 0.15) is 33.8 Å². The van der Waals surface area contributed by atoms with E-state index in [0.29, 0.717) is 5.56 Å². The fraction of sp³-hybridized carbons (Fsp3) is 0.381. The minimum absolute atomic E-state index is 0.0825. The Kier molecular flexibility index (Phi) is 4.57. The zero-order valence-electron chi connectivity index (χ0n) is 15.7. The maximum Gasteiger partial charge on any atom is 0.573 e. The highest BCUT2D eigenvalue weighted by atomic mass is 19.4. The maximum atomic E-state index is 13.3. The van der Waals surface area contributed by atoms with Crippen LogP contribution in [0.4, 0.5) is 18.9 Å². The molecule has 1 fully saturated rings. The van der Waals surface area contributed by atoms with Gasteiger partial charge in [0.2, 0.25) is 0 Å². The molecule has 2 aromatic rings. The van der Waals surface area contributed by atoms with Crippen molar-refractivity contribution in [3.8, 4) is 5.75 Å². The van der Waals surface area contributed by atoms with Gasteiger partial charge in [0.1, 0.15) is 5.75 Å². The number of nitrogens with one attached hydrogen (secondary N) is 1. The lowest BCUT2D eigenvalue weighted by Crippen LogP contribution is -3.11. The van der Waals surface area contributed by atoms with E-state index in [1.807, 2.05) is 24.0 Å². The molecule has 0 aromatic heterocycles. The van der Waals surface area contributed by atoms with Crippen LogP contribution in [0.2, 0.25) is 0 Å². The number of fused-ring (bicyclic) bond motifs is 3. The van der Waals surface area contributed by atoms with Crippen LogP contribution in [0.5, 0.6) is 5.75 Å². The number of halogens is 3. The molecule has 148 valence electrons. The van der Waals surface area contributed by atoms with Crippen molar-refractivity contribution in [2.24, 2.45) is 0 Å². The first-order chi connectivity index (χ1) is 13.2. The molecule has 2 aliphatic rings. The van der Waals surface area contributed by atoms with Crippen LogP contribution in [0.3, 0.4) is 0 Å². The molecular formula is C21H22F3N2O2+. The monoisotopic (exact) mass is 391 g/mol. The van der Waals surface area contributed by atoms with E-state index < -0.39 is 6.36 Å². The molecule has 0 bridgehead atoms. The molecule has 28 heavy (non-hydrogen) atoms. The van der Waals surface area contributed by atoms with Gasteiger partial charge in [-0.15, -0.1) is 13.2 Å². The number of benzene rings is 2. The zero-order chi connectivity index (χ0) is 20.1. The number of anilines is 1. The SMILES string of the molecule is Cc1ccc2c(c1)[C@@H]1C[NH+](C)CC[C@H]1N2C(=O)c1ccc(OC(F)(F)F)cc1. The second-order valence-electron chi connectivity index (χ2n) is 7.68. The van der Waals surface area contributed by atoms with Crippen LogP contribution in [-0.2, 0) is 0 Å². The Hall–Kier alpha value is -2.54. The summed E-state index contributed by atoms with van der Waals surface area (Å²) in [5.74, 6) is -0.238. The lowest BCUT2D eigenvalue weighted by atomic mass is 9.88. The molecule has 1 unspecified atom stereocenters. The first-order valence-electron chi connectivity index (χ1n) is 9.34. The van der Waals surface area contributed by atoms with E-state index in [-0.39, 0.29) is 23.6 Å². The van der Waals surface area contributed by atoms with Gasteiger partial charge in [-0.2, -0.15) is 0 Å². The molecule has 2 aliphatic heterocycles. The van der Waals surface area contributed by atoms with Gasteiger partial charge in [0.05, 0.1) is 32.1 Å². The van der Waals surface area contributed by atoms with Gasteiger partial charge in [-0.3, -0.25) is 4.79 Å². The summed E-state index contributed by atoms with van der Waals surface area (Å²) in [6, 6.07) is 11.4. The minimum Gasteiger partial charge on any atom is -0.406 e. The Morgan fingerprint density at radius 3 is 2.57 bits per heavy atom. The molecule has 7 heteroatoms. The average molecular weight is 391 g/mol. The number of hydrogen-bond donors (Lipinski definition) is 1. The van der Waals surface area contributed by atoms with Crippen LogP contribution in [0, 0.1) is 6.92 Å². The standard InChI is InChI=1S/C21H21F3N2O2/c1-13-3-8-18-16(11-13)17-12-25(2)10-9-19(17)26(18)20(27)14-4-6-15(7-5-14)28-21(22,23)24/h3-8,11,17,19H,9-10,12H2,1-2H3/p+1/t17-,19+/m0/s1. The Labute approximate surface area is 161 Å². The number of hydrogen-bond acceptors (Lipinski definition) is 2. The number of ether oxygens (including phenoxy) is 1. The number of quaternary nitrogens is 1. The molecule has 3 atom stereocenters. The average Bonchev–Trinajstić information content (AvgIpc) is 2.93. The number of carbonyl (C=O) groups is 1. The fourth-order valence-corrected chi connectivity index (χ4v) is 4.40. The van der Waals surface area contributed by atoms with E-state index >= 15 is 0 Å². The number of aryl methyl sites for hydroxylation is 1. The summed E-state index contributed by atoms with van der Waals surface area (Å²) >= 11 is 0. The van der Waals surface area contributed by atoms with Crippen LogP contribution in [0.15, 0.2) is 42.5 Å². The van der Waals surface area contributed by atoms with Crippen molar-refractivity contribution in [3.63, 3.8) is 0 Å². The molecule has 0 aliphatic carbocycles. The number of likely N-dealkylation sites (N-methyl/N-ethyl adjacent to an activating group) is 1. The lowest BCUT2D eigenvalue weighted by Gasteiger charge is -2.34. The quantitative estimate of drug-likeness (QED) is 0.854. The van der Waals surface area contributed by atoms with E-state index in [1.165, 1.54) is 34.7 Å². The Balaban J connectivity index is 1.65. The predicted octanol–water partition coefficient (Wildman–Crippen LogP) is 2.92. The van der Waals surface area contributed by atoms with Gasteiger partial charge in [-0.1, -0.05) is 17.7 Å². The number of amides is 1. The summed E-state index contributed by atoms with van der Waals surface area (Å²) in [4.78, 5) is 16.6. The van der Waals surface area contributed by atoms with Crippen LogP contribution in [-0.4, -0.2) is 38.4 Å². The molecule has 1 N–H and O–H groups in total. The van der Waals surface area contributed by atoms with Crippen molar-refractivity contribution >= 4 is 11.6 Å². The third-order valence-electron chi connectivity index (χ3n) is 5.63. The number of carbonyl (C=O) groups excluding carboxylic acids is 1. The van der Waals surface area contributed by atoms with Crippen molar-refractivity contribution in [1.29, 1.82) is 0 Å². The van der Waals surface area contributed by atoms with E-state index in [2.05, 4.69) is 17.9 Å².